The van der Waals surface area contributed by atoms with Crippen molar-refractivity contribution in [1.29, 1.82) is 0 Å². The van der Waals surface area contributed by atoms with Gasteiger partial charge in [-0.15, -0.1) is 0 Å². The average Bonchev–Trinajstić information content (AvgIpc) is 2.67. The third-order valence-electron chi connectivity index (χ3n) is 5.06. The zero-order valence-electron chi connectivity index (χ0n) is 16.2. The van der Waals surface area contributed by atoms with Gasteiger partial charge < -0.3 is 5.32 Å². The van der Waals surface area contributed by atoms with E-state index in [2.05, 4.69) is 11.4 Å². The molecule has 29 heavy (non-hydrogen) atoms. The molecule has 2 aromatic carbocycles. The Bertz CT molecular complexity index is 995. The van der Waals surface area contributed by atoms with Crippen LogP contribution < -0.4 is 9.62 Å². The predicted octanol–water partition coefficient (Wildman–Crippen LogP) is 3.70. The second kappa shape index (κ2) is 8.90. The first-order valence-corrected chi connectivity index (χ1v) is 11.4. The molecule has 5 nitrogen and oxygen atoms in total. The lowest BCUT2D eigenvalue weighted by Crippen LogP contribution is -2.33. The average molecular weight is 422 g/mol. The van der Waals surface area contributed by atoms with Crippen LogP contribution in [0.15, 0.2) is 42.5 Å². The number of anilines is 1. The number of aryl methyl sites for hydroxylation is 1. The van der Waals surface area contributed by atoms with E-state index >= 15 is 0 Å². The van der Waals surface area contributed by atoms with Crippen molar-refractivity contribution in [3.63, 3.8) is 0 Å². The van der Waals surface area contributed by atoms with Crippen LogP contribution in [0.3, 0.4) is 0 Å². The fourth-order valence-electron chi connectivity index (χ4n) is 3.68. The van der Waals surface area contributed by atoms with Gasteiger partial charge in [-0.05, 0) is 48.9 Å². The molecule has 0 spiro atoms. The Hall–Kier alpha value is -2.48. The normalized spacial score (nSPS) is 16.2. The van der Waals surface area contributed by atoms with Crippen molar-refractivity contribution in [2.45, 2.75) is 38.1 Å². The first kappa shape index (κ1) is 21.2. The zero-order valence-corrected chi connectivity index (χ0v) is 17.0. The maximum atomic E-state index is 13.5. The van der Waals surface area contributed by atoms with Crippen LogP contribution in [0.1, 0.15) is 42.9 Å². The Kier molecular flexibility index (Phi) is 6.52. The maximum Gasteiger partial charge on any atom is 0.232 e. The molecule has 1 aliphatic carbocycles. The number of nitrogens with one attached hydrogen (secondary N) is 1. The van der Waals surface area contributed by atoms with Crippen LogP contribution in [0, 0.1) is 11.6 Å². The molecule has 0 radical (unpaired) electrons. The molecule has 0 saturated heterocycles. The van der Waals surface area contributed by atoms with Gasteiger partial charge in [0.2, 0.25) is 15.9 Å². The van der Waals surface area contributed by atoms with E-state index in [0.717, 1.165) is 47.5 Å². The van der Waals surface area contributed by atoms with Crippen molar-refractivity contribution in [3.8, 4) is 0 Å². The third kappa shape index (κ3) is 5.32. The molecule has 1 atom stereocenters. The second-order valence-electron chi connectivity index (χ2n) is 7.25. The number of nitrogens with zero attached hydrogens (tertiary/aromatic N) is 1. The number of benzene rings is 2. The zero-order chi connectivity index (χ0) is 21.0. The molecule has 0 bridgehead atoms. The summed E-state index contributed by atoms with van der Waals surface area (Å²) in [6, 6.07) is 10.9. The van der Waals surface area contributed by atoms with Gasteiger partial charge in [-0.25, -0.2) is 17.2 Å². The van der Waals surface area contributed by atoms with Crippen molar-refractivity contribution in [2.75, 3.05) is 17.1 Å². The highest BCUT2D eigenvalue weighted by Crippen LogP contribution is 2.29. The molecule has 1 amide bonds. The van der Waals surface area contributed by atoms with Gasteiger partial charge in [0.25, 0.3) is 0 Å². The highest BCUT2D eigenvalue weighted by atomic mass is 32.2. The van der Waals surface area contributed by atoms with Gasteiger partial charge in [0.15, 0.2) is 11.6 Å². The first-order valence-electron chi connectivity index (χ1n) is 9.55. The quantitative estimate of drug-likeness (QED) is 0.740. The van der Waals surface area contributed by atoms with Gasteiger partial charge in [-0.2, -0.15) is 0 Å². The van der Waals surface area contributed by atoms with Crippen LogP contribution in [0.2, 0.25) is 0 Å². The van der Waals surface area contributed by atoms with Gasteiger partial charge in [0.05, 0.1) is 18.0 Å². The number of hydrogen-bond donors (Lipinski definition) is 1. The van der Waals surface area contributed by atoms with Crippen LogP contribution in [-0.4, -0.2) is 27.1 Å². The van der Waals surface area contributed by atoms with Crippen molar-refractivity contribution >= 4 is 21.6 Å². The number of sulfonamides is 1. The van der Waals surface area contributed by atoms with E-state index in [9.17, 15) is 22.0 Å². The van der Waals surface area contributed by atoms with Gasteiger partial charge in [0.1, 0.15) is 0 Å². The molecule has 0 aliphatic heterocycles. The standard InChI is InChI=1S/C21H24F2N2O3S/c1-29(27,28)25(16-11-12-18(22)19(23)14-16)13-5-10-21(26)24-20-9-4-7-15-6-2-3-8-17(15)20/h2-3,6,8,11-12,14,20H,4-5,7,9-10,13H2,1H3,(H,24,26)/t20-/m1/s1. The monoisotopic (exact) mass is 422 g/mol. The number of carbonyl (C=O) groups is 1. The minimum atomic E-state index is -3.70. The Morgan fingerprint density at radius 3 is 2.66 bits per heavy atom. The summed E-state index contributed by atoms with van der Waals surface area (Å²) < 4.78 is 51.8. The lowest BCUT2D eigenvalue weighted by atomic mass is 9.87. The highest BCUT2D eigenvalue weighted by Gasteiger charge is 2.22. The van der Waals surface area contributed by atoms with Gasteiger partial charge in [0, 0.05) is 19.0 Å². The number of fused-ring (bicyclic) bond motifs is 1. The topological polar surface area (TPSA) is 66.5 Å². The maximum absolute atomic E-state index is 13.5. The molecule has 1 aliphatic rings. The van der Waals surface area contributed by atoms with Gasteiger partial charge in [-0.3, -0.25) is 9.10 Å². The molecule has 0 aromatic heterocycles. The Morgan fingerprint density at radius 2 is 1.93 bits per heavy atom. The lowest BCUT2D eigenvalue weighted by Gasteiger charge is -2.26. The fourth-order valence-corrected chi connectivity index (χ4v) is 4.64. The molecule has 1 N–H and O–H groups in total. The molecule has 8 heteroatoms. The van der Waals surface area contributed by atoms with Crippen LogP contribution in [0.25, 0.3) is 0 Å². The Morgan fingerprint density at radius 1 is 1.17 bits per heavy atom. The molecule has 3 rings (SSSR count). The summed E-state index contributed by atoms with van der Waals surface area (Å²) in [5, 5.41) is 3.03. The molecule has 0 heterocycles. The van der Waals surface area contributed by atoms with E-state index in [1.54, 1.807) is 0 Å². The molecule has 156 valence electrons. The van der Waals surface area contributed by atoms with Crippen LogP contribution in [-0.2, 0) is 21.2 Å². The summed E-state index contributed by atoms with van der Waals surface area (Å²) in [7, 11) is -3.70. The van der Waals surface area contributed by atoms with Crippen molar-refractivity contribution < 1.29 is 22.0 Å². The van der Waals surface area contributed by atoms with Crippen LogP contribution >= 0.6 is 0 Å². The second-order valence-corrected chi connectivity index (χ2v) is 9.16. The summed E-state index contributed by atoms with van der Waals surface area (Å²) in [5.41, 5.74) is 2.41. The van der Waals surface area contributed by atoms with E-state index < -0.39 is 21.7 Å². The van der Waals surface area contributed by atoms with E-state index in [4.69, 9.17) is 0 Å². The third-order valence-corrected chi connectivity index (χ3v) is 6.26. The van der Waals surface area contributed by atoms with E-state index in [0.29, 0.717) is 0 Å². The molecular formula is C21H24F2N2O3S. The van der Waals surface area contributed by atoms with Crippen molar-refractivity contribution in [3.05, 3.63) is 65.2 Å². The summed E-state index contributed by atoms with van der Waals surface area (Å²) >= 11 is 0. The summed E-state index contributed by atoms with van der Waals surface area (Å²) in [6.45, 7) is -0.00141. The lowest BCUT2D eigenvalue weighted by molar-refractivity contribution is -0.122. The number of hydrogen-bond acceptors (Lipinski definition) is 3. The molecule has 2 aromatic rings. The van der Waals surface area contributed by atoms with E-state index in [1.807, 2.05) is 18.2 Å². The Balaban J connectivity index is 1.60. The summed E-state index contributed by atoms with van der Waals surface area (Å²) in [4.78, 5) is 12.4. The van der Waals surface area contributed by atoms with E-state index in [1.165, 1.54) is 11.6 Å². The predicted molar refractivity (Wildman–Crippen MR) is 108 cm³/mol. The van der Waals surface area contributed by atoms with Crippen molar-refractivity contribution in [2.24, 2.45) is 0 Å². The van der Waals surface area contributed by atoms with Crippen LogP contribution in [0.4, 0.5) is 14.5 Å². The van der Waals surface area contributed by atoms with E-state index in [-0.39, 0.29) is 37.0 Å². The summed E-state index contributed by atoms with van der Waals surface area (Å²) in [6.07, 6.45) is 4.25. The number of rotatable bonds is 7. The molecule has 0 fully saturated rings. The number of amides is 1. The minimum Gasteiger partial charge on any atom is -0.349 e. The fraction of sp³-hybridized carbons (Fsp3) is 0.381. The van der Waals surface area contributed by atoms with Gasteiger partial charge >= 0.3 is 0 Å². The number of carbonyl (C=O) groups excluding carboxylic acids is 1. The van der Waals surface area contributed by atoms with Crippen LogP contribution in [0.5, 0.6) is 0 Å². The molecular weight excluding hydrogens is 398 g/mol. The minimum absolute atomic E-state index is 0.00141. The SMILES string of the molecule is CS(=O)(=O)N(CCCC(=O)N[C@@H]1CCCc2ccccc21)c1ccc(F)c(F)c1. The highest BCUT2D eigenvalue weighted by molar-refractivity contribution is 7.92. The first-order chi connectivity index (χ1) is 13.8. The Labute approximate surface area is 169 Å². The summed E-state index contributed by atoms with van der Waals surface area (Å²) in [5.74, 6) is -2.33. The largest absolute Gasteiger partial charge is 0.349 e. The molecule has 0 saturated carbocycles. The van der Waals surface area contributed by atoms with Gasteiger partial charge in [-0.1, -0.05) is 24.3 Å². The molecule has 0 unspecified atom stereocenters. The number of halogens is 2. The smallest absolute Gasteiger partial charge is 0.232 e. The van der Waals surface area contributed by atoms with Crippen molar-refractivity contribution in [1.82, 2.24) is 5.32 Å².